The molecule has 9 heteroatoms. The van der Waals surface area contributed by atoms with Gasteiger partial charge < -0.3 is 9.84 Å². The number of amides is 1. The summed E-state index contributed by atoms with van der Waals surface area (Å²) in [7, 11) is 0. The first kappa shape index (κ1) is 16.3. The smallest absolute Gasteiger partial charge is 0.257 e. The van der Waals surface area contributed by atoms with Gasteiger partial charge in [-0.2, -0.15) is 0 Å². The summed E-state index contributed by atoms with van der Waals surface area (Å²) in [5.74, 6) is 0.00858. The van der Waals surface area contributed by atoms with Gasteiger partial charge in [0.05, 0.1) is 17.8 Å². The van der Waals surface area contributed by atoms with Crippen LogP contribution in [0, 0.1) is 6.92 Å². The van der Waals surface area contributed by atoms with Crippen molar-refractivity contribution in [3.8, 4) is 11.5 Å². The van der Waals surface area contributed by atoms with Gasteiger partial charge in [0, 0.05) is 22.9 Å². The van der Waals surface area contributed by atoms with Gasteiger partial charge in [-0.1, -0.05) is 11.3 Å². The van der Waals surface area contributed by atoms with E-state index in [0.717, 1.165) is 17.0 Å². The van der Waals surface area contributed by atoms with Gasteiger partial charge in [-0.15, -0.1) is 21.5 Å². The summed E-state index contributed by atoms with van der Waals surface area (Å²) in [6.07, 6.45) is 0.721. The molecule has 0 unspecified atom stereocenters. The van der Waals surface area contributed by atoms with Crippen LogP contribution in [0.2, 0.25) is 0 Å². The van der Waals surface area contributed by atoms with Crippen molar-refractivity contribution in [2.75, 3.05) is 11.9 Å². The molecule has 2 aromatic heterocycles. The zero-order valence-corrected chi connectivity index (χ0v) is 14.4. The Kier molecular flexibility index (Phi) is 5.02. The zero-order chi connectivity index (χ0) is 16.9. The molecule has 7 nitrogen and oxygen atoms in total. The first-order valence-corrected chi connectivity index (χ1v) is 8.81. The normalized spacial score (nSPS) is 10.5. The number of benzene rings is 1. The Bertz CT molecular complexity index is 833. The van der Waals surface area contributed by atoms with E-state index in [1.54, 1.807) is 22.9 Å². The Balaban J connectivity index is 1.65. The van der Waals surface area contributed by atoms with Crippen LogP contribution in [0.1, 0.15) is 20.9 Å². The fourth-order valence-electron chi connectivity index (χ4n) is 2.02. The van der Waals surface area contributed by atoms with Crippen molar-refractivity contribution < 1.29 is 14.6 Å². The molecule has 2 N–H and O–H groups in total. The molecule has 0 saturated carbocycles. The molecular formula is C15H14N4O3S2. The maximum absolute atomic E-state index is 12.2. The highest BCUT2D eigenvalue weighted by Gasteiger charge is 2.11. The predicted molar refractivity (Wildman–Crippen MR) is 92.0 cm³/mol. The van der Waals surface area contributed by atoms with Crippen molar-refractivity contribution in [3.63, 3.8) is 0 Å². The van der Waals surface area contributed by atoms with Gasteiger partial charge in [0.2, 0.25) is 5.13 Å². The van der Waals surface area contributed by atoms with Gasteiger partial charge in [0.1, 0.15) is 17.0 Å². The molecule has 2 heterocycles. The minimum atomic E-state index is -0.384. The van der Waals surface area contributed by atoms with Crippen LogP contribution in [0.3, 0.4) is 0 Å². The van der Waals surface area contributed by atoms with E-state index in [-0.39, 0.29) is 17.2 Å². The lowest BCUT2D eigenvalue weighted by atomic mass is 10.2. The molecule has 0 spiro atoms. The number of aromatic nitrogens is 3. The number of ether oxygens (including phenoxy) is 1. The maximum atomic E-state index is 12.2. The lowest BCUT2D eigenvalue weighted by molar-refractivity contribution is 0.102. The van der Waals surface area contributed by atoms with Crippen LogP contribution in [0.15, 0.2) is 29.2 Å². The minimum absolute atomic E-state index is 0.0381. The number of thiazole rings is 1. The summed E-state index contributed by atoms with van der Waals surface area (Å²) < 4.78 is 5.65. The van der Waals surface area contributed by atoms with Gasteiger partial charge in [0.25, 0.3) is 5.91 Å². The van der Waals surface area contributed by atoms with Crippen LogP contribution in [0.25, 0.3) is 0 Å². The molecule has 0 aliphatic carbocycles. The summed E-state index contributed by atoms with van der Waals surface area (Å²) in [5.41, 5.74) is 4.61. The topological polar surface area (TPSA) is 97.2 Å². The quantitative estimate of drug-likeness (QED) is 0.700. The monoisotopic (exact) mass is 362 g/mol. The number of aryl methyl sites for hydroxylation is 1. The number of nitrogens with one attached hydrogen (secondary N) is 1. The Hall–Kier alpha value is -2.52. The van der Waals surface area contributed by atoms with E-state index in [1.165, 1.54) is 29.0 Å². The van der Waals surface area contributed by atoms with Gasteiger partial charge >= 0.3 is 0 Å². The van der Waals surface area contributed by atoms with Gasteiger partial charge in [0.15, 0.2) is 0 Å². The molecule has 0 bridgehead atoms. The molecule has 0 atom stereocenters. The minimum Gasteiger partial charge on any atom is -0.508 e. The number of rotatable bonds is 6. The molecule has 3 aromatic rings. The summed E-state index contributed by atoms with van der Waals surface area (Å²) in [6.45, 7) is 2.39. The third-order valence-electron chi connectivity index (χ3n) is 3.18. The van der Waals surface area contributed by atoms with Crippen LogP contribution in [0.4, 0.5) is 5.13 Å². The Morgan fingerprint density at radius 2 is 2.17 bits per heavy atom. The van der Waals surface area contributed by atoms with E-state index >= 15 is 0 Å². The van der Waals surface area contributed by atoms with Crippen molar-refractivity contribution in [1.29, 1.82) is 0 Å². The molecule has 24 heavy (non-hydrogen) atoms. The third-order valence-corrected chi connectivity index (χ3v) is 4.78. The second-order valence-corrected chi connectivity index (χ2v) is 6.65. The van der Waals surface area contributed by atoms with Gasteiger partial charge in [-0.25, -0.2) is 4.98 Å². The third kappa shape index (κ3) is 4.06. The summed E-state index contributed by atoms with van der Waals surface area (Å²) >= 11 is 2.80. The van der Waals surface area contributed by atoms with Crippen LogP contribution in [-0.2, 0) is 6.42 Å². The van der Waals surface area contributed by atoms with Gasteiger partial charge in [-0.05, 0) is 19.1 Å². The number of carbonyl (C=O) groups excluding carboxylic acids is 1. The molecular weight excluding hydrogens is 348 g/mol. The van der Waals surface area contributed by atoms with Crippen molar-refractivity contribution in [2.24, 2.45) is 0 Å². The number of aromatic hydroxyl groups is 1. The number of hydrogen-bond acceptors (Lipinski definition) is 8. The lowest BCUT2D eigenvalue weighted by Crippen LogP contribution is -2.12. The van der Waals surface area contributed by atoms with Crippen molar-refractivity contribution in [2.45, 2.75) is 13.3 Å². The average molecular weight is 362 g/mol. The second kappa shape index (κ2) is 7.37. The summed E-state index contributed by atoms with van der Waals surface area (Å²) in [5, 5.41) is 20.2. The highest BCUT2D eigenvalue weighted by Crippen LogP contribution is 2.23. The van der Waals surface area contributed by atoms with Crippen molar-refractivity contribution in [1.82, 2.24) is 15.2 Å². The second-order valence-electron chi connectivity index (χ2n) is 4.87. The Morgan fingerprint density at radius 1 is 1.29 bits per heavy atom. The molecule has 124 valence electrons. The molecule has 3 rings (SSSR count). The Morgan fingerprint density at radius 3 is 2.88 bits per heavy atom. The van der Waals surface area contributed by atoms with Crippen molar-refractivity contribution in [3.05, 3.63) is 45.4 Å². The molecule has 0 saturated heterocycles. The first-order valence-electron chi connectivity index (χ1n) is 7.05. The largest absolute Gasteiger partial charge is 0.508 e. The van der Waals surface area contributed by atoms with Crippen molar-refractivity contribution >= 4 is 33.7 Å². The van der Waals surface area contributed by atoms with Crippen LogP contribution < -0.4 is 10.1 Å². The van der Waals surface area contributed by atoms with E-state index in [1.807, 2.05) is 6.92 Å². The van der Waals surface area contributed by atoms with Crippen LogP contribution in [0.5, 0.6) is 11.5 Å². The first-order chi connectivity index (χ1) is 11.6. The van der Waals surface area contributed by atoms with Crippen LogP contribution in [-0.4, -0.2) is 32.8 Å². The SMILES string of the molecule is Cc1ncsc1CCOc1cc(O)cc(C(=O)Nc2nncs2)c1. The summed E-state index contributed by atoms with van der Waals surface area (Å²) in [4.78, 5) is 17.5. The van der Waals surface area contributed by atoms with E-state index in [0.29, 0.717) is 17.5 Å². The highest BCUT2D eigenvalue weighted by atomic mass is 32.1. The van der Waals surface area contributed by atoms with E-state index in [4.69, 9.17) is 4.74 Å². The molecule has 1 aromatic carbocycles. The number of phenolic OH excluding ortho intramolecular Hbond substituents is 1. The van der Waals surface area contributed by atoms with Crippen LogP contribution >= 0.6 is 22.7 Å². The number of phenols is 1. The molecule has 0 aliphatic rings. The number of anilines is 1. The Labute approximate surface area is 146 Å². The number of nitrogens with zero attached hydrogens (tertiary/aromatic N) is 3. The fourth-order valence-corrected chi connectivity index (χ4v) is 3.22. The average Bonchev–Trinajstić information content (AvgIpc) is 3.19. The van der Waals surface area contributed by atoms with E-state index in [2.05, 4.69) is 20.5 Å². The highest BCUT2D eigenvalue weighted by molar-refractivity contribution is 7.13. The maximum Gasteiger partial charge on any atom is 0.257 e. The molecule has 0 aliphatic heterocycles. The standard InChI is InChI=1S/C15H14N4O3S2/c1-9-13(23-7-16-9)2-3-22-12-5-10(4-11(20)6-12)14(21)18-15-19-17-8-24-15/h4-8,20H,2-3H2,1H3,(H,18,19,21). The predicted octanol–water partition coefficient (Wildman–Crippen LogP) is 2.88. The zero-order valence-electron chi connectivity index (χ0n) is 12.7. The van der Waals surface area contributed by atoms with Gasteiger partial charge in [-0.3, -0.25) is 10.1 Å². The van der Waals surface area contributed by atoms with E-state index < -0.39 is 0 Å². The van der Waals surface area contributed by atoms with E-state index in [9.17, 15) is 9.90 Å². The molecule has 0 fully saturated rings. The molecule has 0 radical (unpaired) electrons. The molecule has 1 amide bonds. The number of carbonyl (C=O) groups is 1. The fraction of sp³-hybridized carbons (Fsp3) is 0.200. The summed E-state index contributed by atoms with van der Waals surface area (Å²) in [6, 6.07) is 4.42. The number of hydrogen-bond donors (Lipinski definition) is 2. The lowest BCUT2D eigenvalue weighted by Gasteiger charge is -2.09.